The van der Waals surface area contributed by atoms with Crippen LogP contribution in [0.3, 0.4) is 0 Å². The molecule has 0 bridgehead atoms. The number of fused-ring (bicyclic) bond motifs is 1. The van der Waals surface area contributed by atoms with Gasteiger partial charge in [-0.3, -0.25) is 0 Å². The molecule has 0 fully saturated rings. The van der Waals surface area contributed by atoms with E-state index in [-0.39, 0.29) is 0 Å². The van der Waals surface area contributed by atoms with Gasteiger partial charge in [0.15, 0.2) is 0 Å². The highest BCUT2D eigenvalue weighted by Crippen LogP contribution is 2.24. The molecule has 1 aromatic carbocycles. The number of hydrogen-bond donors (Lipinski definition) is 2. The number of aromatic nitrogens is 2. The third-order valence-corrected chi connectivity index (χ3v) is 3.90. The van der Waals surface area contributed by atoms with Gasteiger partial charge in [0.05, 0.1) is 0 Å². The first-order chi connectivity index (χ1) is 10.3. The van der Waals surface area contributed by atoms with Crippen LogP contribution < -0.4 is 16.2 Å². The number of nitrogen functional groups attached to an aromatic ring is 1. The fourth-order valence-electron chi connectivity index (χ4n) is 2.77. The Morgan fingerprint density at radius 2 is 2.05 bits per heavy atom. The lowest BCUT2D eigenvalue weighted by molar-refractivity contribution is 0.747. The van der Waals surface area contributed by atoms with Crippen molar-refractivity contribution in [2.45, 2.75) is 32.7 Å². The minimum Gasteiger partial charge on any atom is -0.352 e. The van der Waals surface area contributed by atoms with Crippen LogP contribution in [0.4, 0.5) is 11.6 Å². The Balaban J connectivity index is 1.93. The van der Waals surface area contributed by atoms with Crippen molar-refractivity contribution in [3.8, 4) is 0 Å². The van der Waals surface area contributed by atoms with Crippen molar-refractivity contribution < 1.29 is 0 Å². The van der Waals surface area contributed by atoms with Crippen LogP contribution in [0.2, 0.25) is 0 Å². The monoisotopic (exact) mass is 283 g/mol. The third-order valence-electron chi connectivity index (χ3n) is 3.90. The predicted molar refractivity (Wildman–Crippen MR) is 85.0 cm³/mol. The maximum absolute atomic E-state index is 5.52. The molecule has 1 aromatic heterocycles. The van der Waals surface area contributed by atoms with Crippen molar-refractivity contribution in [3.63, 3.8) is 0 Å². The van der Waals surface area contributed by atoms with Crippen LogP contribution in [-0.4, -0.2) is 16.5 Å². The van der Waals surface area contributed by atoms with Crippen molar-refractivity contribution in [3.05, 3.63) is 47.3 Å². The Labute approximate surface area is 125 Å². The summed E-state index contributed by atoms with van der Waals surface area (Å²) in [6, 6.07) is 10.6. The zero-order valence-corrected chi connectivity index (χ0v) is 12.3. The highest BCUT2D eigenvalue weighted by Gasteiger charge is 2.16. The van der Waals surface area contributed by atoms with Gasteiger partial charge in [-0.1, -0.05) is 31.2 Å². The van der Waals surface area contributed by atoms with Crippen LogP contribution in [-0.2, 0) is 19.4 Å². The van der Waals surface area contributed by atoms with Crippen LogP contribution in [0.5, 0.6) is 0 Å². The number of aryl methyl sites for hydroxylation is 2. The first kappa shape index (κ1) is 13.8. The topological polar surface area (TPSA) is 67.1 Å². The van der Waals surface area contributed by atoms with Gasteiger partial charge in [0.1, 0.15) is 17.5 Å². The van der Waals surface area contributed by atoms with Gasteiger partial charge in [-0.15, -0.1) is 0 Å². The van der Waals surface area contributed by atoms with Gasteiger partial charge >= 0.3 is 0 Å². The molecule has 0 saturated carbocycles. The van der Waals surface area contributed by atoms with Gasteiger partial charge in [0.2, 0.25) is 0 Å². The minimum absolute atomic E-state index is 0.675. The Kier molecular flexibility index (Phi) is 4.01. The van der Waals surface area contributed by atoms with Gasteiger partial charge < -0.3 is 10.3 Å². The molecule has 5 heteroatoms. The smallest absolute Gasteiger partial charge is 0.145 e. The molecule has 110 valence electrons. The molecule has 0 atom stereocenters. The van der Waals surface area contributed by atoms with Gasteiger partial charge in [0.25, 0.3) is 0 Å². The first-order valence-electron chi connectivity index (χ1n) is 7.46. The number of nitrogens with two attached hydrogens (primary N) is 1. The Morgan fingerprint density at radius 1 is 1.24 bits per heavy atom. The second-order valence-corrected chi connectivity index (χ2v) is 5.32. The number of nitrogens with one attached hydrogen (secondary N) is 1. The van der Waals surface area contributed by atoms with E-state index in [9.17, 15) is 0 Å². The van der Waals surface area contributed by atoms with Crippen molar-refractivity contribution in [1.29, 1.82) is 0 Å². The molecular weight excluding hydrogens is 262 g/mol. The van der Waals surface area contributed by atoms with E-state index >= 15 is 0 Å². The van der Waals surface area contributed by atoms with Gasteiger partial charge in [-0.2, -0.15) is 0 Å². The minimum atomic E-state index is 0.675. The number of anilines is 2. The van der Waals surface area contributed by atoms with E-state index in [4.69, 9.17) is 5.84 Å². The number of nitrogens with zero attached hydrogens (tertiary/aromatic N) is 3. The third kappa shape index (κ3) is 2.97. The van der Waals surface area contributed by atoms with Crippen LogP contribution in [0.15, 0.2) is 30.3 Å². The number of hydrogen-bond acceptors (Lipinski definition) is 5. The number of benzene rings is 1. The summed E-state index contributed by atoms with van der Waals surface area (Å²) < 4.78 is 0. The van der Waals surface area contributed by atoms with E-state index in [1.54, 1.807) is 0 Å². The molecule has 0 spiro atoms. The normalized spacial score (nSPS) is 14.5. The maximum Gasteiger partial charge on any atom is 0.145 e. The Bertz CT molecular complexity index is 604. The molecule has 0 saturated heterocycles. The van der Waals surface area contributed by atoms with Crippen LogP contribution in [0.1, 0.15) is 30.3 Å². The van der Waals surface area contributed by atoms with E-state index in [0.29, 0.717) is 5.82 Å². The molecule has 1 aliphatic heterocycles. The molecular formula is C16H21N5. The molecule has 5 nitrogen and oxygen atoms in total. The average Bonchev–Trinajstić information content (AvgIpc) is 2.76. The van der Waals surface area contributed by atoms with E-state index in [1.165, 1.54) is 11.1 Å². The second kappa shape index (κ2) is 6.10. The quantitative estimate of drug-likeness (QED) is 0.668. The molecule has 0 amide bonds. The highest BCUT2D eigenvalue weighted by molar-refractivity contribution is 5.50. The average molecular weight is 283 g/mol. The highest BCUT2D eigenvalue weighted by atomic mass is 15.3. The lowest BCUT2D eigenvalue weighted by Gasteiger charge is -2.23. The standard InChI is InChI=1S/C16H21N5/c1-2-14-18-15(20-17)10-16(19-14)21-9-5-8-12-6-3-4-7-13(12)11-21/h3-4,6-7,10H,2,5,8-9,11,17H2,1H3,(H,18,19,20). The Morgan fingerprint density at radius 3 is 2.81 bits per heavy atom. The first-order valence-corrected chi connectivity index (χ1v) is 7.46. The fraction of sp³-hybridized carbons (Fsp3) is 0.375. The summed E-state index contributed by atoms with van der Waals surface area (Å²) in [5.41, 5.74) is 5.47. The Hall–Kier alpha value is -2.14. The van der Waals surface area contributed by atoms with Crippen molar-refractivity contribution in [2.24, 2.45) is 5.84 Å². The molecule has 1 aliphatic rings. The summed E-state index contributed by atoms with van der Waals surface area (Å²) in [6.07, 6.45) is 3.06. The van der Waals surface area contributed by atoms with Crippen LogP contribution in [0.25, 0.3) is 0 Å². The second-order valence-electron chi connectivity index (χ2n) is 5.32. The van der Waals surface area contributed by atoms with E-state index in [1.807, 2.05) is 6.07 Å². The number of hydrazine groups is 1. The van der Waals surface area contributed by atoms with Crippen LogP contribution >= 0.6 is 0 Å². The van der Waals surface area contributed by atoms with Gasteiger partial charge in [0, 0.05) is 25.6 Å². The maximum atomic E-state index is 5.52. The predicted octanol–water partition coefficient (Wildman–Crippen LogP) is 2.28. The molecule has 3 rings (SSSR count). The number of rotatable bonds is 3. The SMILES string of the molecule is CCc1nc(NN)cc(N2CCCc3ccccc3C2)n1. The van der Waals surface area contributed by atoms with E-state index in [0.717, 1.165) is 44.0 Å². The van der Waals surface area contributed by atoms with E-state index in [2.05, 4.69) is 51.5 Å². The van der Waals surface area contributed by atoms with Gasteiger partial charge in [-0.05, 0) is 24.0 Å². The molecule has 3 N–H and O–H groups in total. The van der Waals surface area contributed by atoms with Crippen molar-refractivity contribution >= 4 is 11.6 Å². The summed E-state index contributed by atoms with van der Waals surface area (Å²) in [5, 5.41) is 0. The molecule has 0 radical (unpaired) electrons. The van der Waals surface area contributed by atoms with E-state index < -0.39 is 0 Å². The summed E-state index contributed by atoms with van der Waals surface area (Å²) in [6.45, 7) is 3.94. The molecule has 2 heterocycles. The summed E-state index contributed by atoms with van der Waals surface area (Å²) in [4.78, 5) is 11.3. The molecule has 21 heavy (non-hydrogen) atoms. The summed E-state index contributed by atoms with van der Waals surface area (Å²) in [5.74, 6) is 7.96. The summed E-state index contributed by atoms with van der Waals surface area (Å²) in [7, 11) is 0. The summed E-state index contributed by atoms with van der Waals surface area (Å²) >= 11 is 0. The van der Waals surface area contributed by atoms with Crippen molar-refractivity contribution in [1.82, 2.24) is 9.97 Å². The zero-order chi connectivity index (χ0) is 14.7. The van der Waals surface area contributed by atoms with Crippen molar-refractivity contribution in [2.75, 3.05) is 16.9 Å². The molecule has 0 unspecified atom stereocenters. The molecule has 2 aromatic rings. The fourth-order valence-corrected chi connectivity index (χ4v) is 2.77. The zero-order valence-electron chi connectivity index (χ0n) is 12.3. The van der Waals surface area contributed by atoms with Crippen LogP contribution in [0, 0.1) is 0 Å². The van der Waals surface area contributed by atoms with Gasteiger partial charge in [-0.25, -0.2) is 15.8 Å². The lowest BCUT2D eigenvalue weighted by Crippen LogP contribution is -2.24. The largest absolute Gasteiger partial charge is 0.352 e. The lowest BCUT2D eigenvalue weighted by atomic mass is 10.0. The molecule has 0 aliphatic carbocycles.